The van der Waals surface area contributed by atoms with Crippen molar-refractivity contribution in [2.24, 2.45) is 0 Å². The summed E-state index contributed by atoms with van der Waals surface area (Å²) >= 11 is 0. The zero-order chi connectivity index (χ0) is 9.97. The van der Waals surface area contributed by atoms with Crippen molar-refractivity contribution in [2.75, 3.05) is 0 Å². The van der Waals surface area contributed by atoms with E-state index in [1.165, 1.54) is 6.42 Å². The molecule has 0 radical (unpaired) electrons. The average Bonchev–Trinajstić information content (AvgIpc) is 2.19. The highest BCUT2D eigenvalue weighted by molar-refractivity contribution is 5.75. The monoisotopic (exact) mass is 190 g/mol. The fourth-order valence-corrected chi connectivity index (χ4v) is 1.92. The molecular weight excluding hydrogens is 176 g/mol. The van der Waals surface area contributed by atoms with E-state index in [1.807, 2.05) is 0 Å². The fourth-order valence-electron chi connectivity index (χ4n) is 1.92. The van der Waals surface area contributed by atoms with Crippen LogP contribution in [0.1, 0.15) is 31.2 Å². The van der Waals surface area contributed by atoms with Gasteiger partial charge in [-0.3, -0.25) is 0 Å². The molecule has 2 rings (SSSR count). The molecule has 1 aliphatic carbocycles. The molecule has 2 N–H and O–H groups in total. The van der Waals surface area contributed by atoms with Gasteiger partial charge in [0.2, 0.25) is 0 Å². The van der Waals surface area contributed by atoms with E-state index in [9.17, 15) is 10.2 Å². The first-order chi connectivity index (χ1) is 6.79. The molecule has 0 bridgehead atoms. The van der Waals surface area contributed by atoms with E-state index < -0.39 is 0 Å². The lowest BCUT2D eigenvalue weighted by Crippen LogP contribution is -1.92. The predicted molar refractivity (Wildman–Crippen MR) is 56.2 cm³/mol. The van der Waals surface area contributed by atoms with Gasteiger partial charge in [0.05, 0.1) is 5.56 Å². The standard InChI is InChI=1S/C12H14O2/c13-10-7-4-8-11(14)12(10)9-5-2-1-3-6-9/h4-5,7-8,13-14H,1-3,6H2. The third-order valence-electron chi connectivity index (χ3n) is 2.63. The Morgan fingerprint density at radius 1 is 1.00 bits per heavy atom. The Kier molecular flexibility index (Phi) is 2.44. The lowest BCUT2D eigenvalue weighted by molar-refractivity contribution is 0.446. The largest absolute Gasteiger partial charge is 0.507 e. The maximum Gasteiger partial charge on any atom is 0.126 e. The molecule has 2 nitrogen and oxygen atoms in total. The summed E-state index contributed by atoms with van der Waals surface area (Å²) in [5.74, 6) is 0.358. The van der Waals surface area contributed by atoms with E-state index in [-0.39, 0.29) is 11.5 Å². The number of phenolic OH excluding ortho intramolecular Hbond substituents is 2. The highest BCUT2D eigenvalue weighted by Crippen LogP contribution is 2.37. The highest BCUT2D eigenvalue weighted by Gasteiger charge is 2.13. The summed E-state index contributed by atoms with van der Waals surface area (Å²) in [6.45, 7) is 0. The Morgan fingerprint density at radius 2 is 1.71 bits per heavy atom. The molecular formula is C12H14O2. The van der Waals surface area contributed by atoms with Gasteiger partial charge in [0.15, 0.2) is 0 Å². The first-order valence-electron chi connectivity index (χ1n) is 4.99. The number of hydrogen-bond donors (Lipinski definition) is 2. The van der Waals surface area contributed by atoms with Crippen molar-refractivity contribution < 1.29 is 10.2 Å². The van der Waals surface area contributed by atoms with Crippen LogP contribution < -0.4 is 0 Å². The van der Waals surface area contributed by atoms with Crippen LogP contribution in [-0.2, 0) is 0 Å². The molecule has 1 aromatic rings. The molecule has 0 fully saturated rings. The predicted octanol–water partition coefficient (Wildman–Crippen LogP) is 3.06. The summed E-state index contributed by atoms with van der Waals surface area (Å²) in [4.78, 5) is 0. The van der Waals surface area contributed by atoms with Crippen LogP contribution >= 0.6 is 0 Å². The minimum atomic E-state index is 0.179. The van der Waals surface area contributed by atoms with Crippen molar-refractivity contribution in [3.05, 3.63) is 29.8 Å². The van der Waals surface area contributed by atoms with Gasteiger partial charge in [-0.15, -0.1) is 0 Å². The molecule has 1 aromatic carbocycles. The molecule has 0 amide bonds. The summed E-state index contributed by atoms with van der Waals surface area (Å²) in [7, 11) is 0. The Balaban J connectivity index is 2.44. The van der Waals surface area contributed by atoms with Gasteiger partial charge in [-0.05, 0) is 43.4 Å². The van der Waals surface area contributed by atoms with Gasteiger partial charge < -0.3 is 10.2 Å². The van der Waals surface area contributed by atoms with E-state index in [1.54, 1.807) is 18.2 Å². The minimum absolute atomic E-state index is 0.179. The molecule has 74 valence electrons. The number of rotatable bonds is 1. The lowest BCUT2D eigenvalue weighted by atomic mass is 9.92. The number of allylic oxidation sites excluding steroid dienone is 2. The Bertz CT molecular complexity index is 346. The number of phenols is 2. The zero-order valence-corrected chi connectivity index (χ0v) is 8.03. The van der Waals surface area contributed by atoms with E-state index in [0.717, 1.165) is 24.8 Å². The van der Waals surface area contributed by atoms with Crippen LogP contribution in [0.25, 0.3) is 5.57 Å². The number of aromatic hydroxyl groups is 2. The summed E-state index contributed by atoms with van der Waals surface area (Å²) in [5, 5.41) is 19.3. The summed E-state index contributed by atoms with van der Waals surface area (Å²) < 4.78 is 0. The van der Waals surface area contributed by atoms with Crippen LogP contribution in [-0.4, -0.2) is 10.2 Å². The second-order valence-electron chi connectivity index (χ2n) is 3.65. The van der Waals surface area contributed by atoms with Crippen LogP contribution in [0, 0.1) is 0 Å². The fraction of sp³-hybridized carbons (Fsp3) is 0.333. The van der Waals surface area contributed by atoms with Crippen molar-refractivity contribution in [1.29, 1.82) is 0 Å². The lowest BCUT2D eigenvalue weighted by Gasteiger charge is -2.15. The van der Waals surface area contributed by atoms with Gasteiger partial charge in [0.1, 0.15) is 11.5 Å². The Labute approximate surface area is 83.5 Å². The van der Waals surface area contributed by atoms with Crippen LogP contribution in [0.15, 0.2) is 24.3 Å². The molecule has 0 aromatic heterocycles. The van der Waals surface area contributed by atoms with Gasteiger partial charge in [-0.1, -0.05) is 12.1 Å². The third-order valence-corrected chi connectivity index (χ3v) is 2.63. The van der Waals surface area contributed by atoms with E-state index >= 15 is 0 Å². The molecule has 0 unspecified atom stereocenters. The molecule has 14 heavy (non-hydrogen) atoms. The first-order valence-corrected chi connectivity index (χ1v) is 4.99. The second kappa shape index (κ2) is 3.74. The van der Waals surface area contributed by atoms with Crippen molar-refractivity contribution in [1.82, 2.24) is 0 Å². The Hall–Kier alpha value is -1.44. The topological polar surface area (TPSA) is 40.5 Å². The normalized spacial score (nSPS) is 16.4. The molecule has 0 saturated carbocycles. The Morgan fingerprint density at radius 3 is 2.29 bits per heavy atom. The molecule has 0 aliphatic heterocycles. The summed E-state index contributed by atoms with van der Waals surface area (Å²) in [6.07, 6.45) is 6.45. The maximum atomic E-state index is 9.64. The number of benzene rings is 1. The molecule has 2 heteroatoms. The summed E-state index contributed by atoms with van der Waals surface area (Å²) in [6, 6.07) is 4.88. The van der Waals surface area contributed by atoms with Crippen molar-refractivity contribution in [3.8, 4) is 11.5 Å². The molecule has 0 atom stereocenters. The molecule has 0 spiro atoms. The van der Waals surface area contributed by atoms with Crippen molar-refractivity contribution in [3.63, 3.8) is 0 Å². The van der Waals surface area contributed by atoms with Gasteiger partial charge >= 0.3 is 0 Å². The molecule has 0 saturated heterocycles. The smallest absolute Gasteiger partial charge is 0.126 e. The van der Waals surface area contributed by atoms with Gasteiger partial charge in [-0.2, -0.15) is 0 Å². The zero-order valence-electron chi connectivity index (χ0n) is 8.03. The molecule has 0 heterocycles. The first kappa shape index (κ1) is 9.13. The highest BCUT2D eigenvalue weighted by atomic mass is 16.3. The SMILES string of the molecule is Oc1cccc(O)c1C1=CCCCC1. The maximum absolute atomic E-state index is 9.64. The second-order valence-corrected chi connectivity index (χ2v) is 3.65. The van der Waals surface area contributed by atoms with Crippen LogP contribution in [0.2, 0.25) is 0 Å². The van der Waals surface area contributed by atoms with E-state index in [4.69, 9.17) is 0 Å². The van der Waals surface area contributed by atoms with Gasteiger partial charge in [0, 0.05) is 0 Å². The van der Waals surface area contributed by atoms with E-state index in [0.29, 0.717) is 5.56 Å². The van der Waals surface area contributed by atoms with Crippen molar-refractivity contribution in [2.45, 2.75) is 25.7 Å². The van der Waals surface area contributed by atoms with Crippen molar-refractivity contribution >= 4 is 5.57 Å². The average molecular weight is 190 g/mol. The van der Waals surface area contributed by atoms with E-state index in [2.05, 4.69) is 6.08 Å². The third kappa shape index (κ3) is 1.60. The van der Waals surface area contributed by atoms with Gasteiger partial charge in [-0.25, -0.2) is 0 Å². The van der Waals surface area contributed by atoms with Crippen LogP contribution in [0.3, 0.4) is 0 Å². The number of hydrogen-bond acceptors (Lipinski definition) is 2. The van der Waals surface area contributed by atoms with Crippen LogP contribution in [0.4, 0.5) is 0 Å². The van der Waals surface area contributed by atoms with Gasteiger partial charge in [0.25, 0.3) is 0 Å². The minimum Gasteiger partial charge on any atom is -0.507 e. The summed E-state index contributed by atoms with van der Waals surface area (Å²) in [5.41, 5.74) is 1.69. The van der Waals surface area contributed by atoms with Crippen LogP contribution in [0.5, 0.6) is 11.5 Å². The molecule has 1 aliphatic rings. The quantitative estimate of drug-likeness (QED) is 0.714.